The lowest BCUT2D eigenvalue weighted by Gasteiger charge is -2.45. The van der Waals surface area contributed by atoms with Gasteiger partial charge in [-0.3, -0.25) is 4.99 Å². The molecule has 1 N–H and O–H groups in total. The fraction of sp³-hybridized carbons (Fsp3) is 0.765. The number of hydrogen-bond donors (Lipinski definition) is 1. The summed E-state index contributed by atoms with van der Waals surface area (Å²) in [5.41, 5.74) is 6.04. The van der Waals surface area contributed by atoms with Crippen LogP contribution >= 0.6 is 0 Å². The summed E-state index contributed by atoms with van der Waals surface area (Å²) in [5, 5.41) is 3.73. The topological polar surface area (TPSA) is 59.1 Å². The highest BCUT2D eigenvalue weighted by atomic mass is 16.5. The molecule has 0 aromatic heterocycles. The Morgan fingerprint density at radius 2 is 1.79 bits per heavy atom. The maximum absolute atomic E-state index is 5.64. The molecular weight excluding hydrogens is 480 g/mol. The van der Waals surface area contributed by atoms with E-state index in [1.54, 1.807) is 17.5 Å². The average molecular weight is 533 g/mol. The molecule has 214 valence electrons. The van der Waals surface area contributed by atoms with E-state index in [1.165, 1.54) is 69.3 Å². The van der Waals surface area contributed by atoms with Crippen molar-refractivity contribution in [3.63, 3.8) is 0 Å². The van der Waals surface area contributed by atoms with Crippen LogP contribution in [0, 0.1) is 29.6 Å². The average Bonchev–Trinajstić information content (AvgIpc) is 3.79. The van der Waals surface area contributed by atoms with E-state index < -0.39 is 0 Å². The highest BCUT2D eigenvalue weighted by molar-refractivity contribution is 6.01. The number of ether oxygens (including phenoxy) is 1. The Balaban J connectivity index is 1.22. The number of hydrogen-bond acceptors (Lipinski definition) is 5. The smallest absolute Gasteiger partial charge is 0.110 e. The fourth-order valence-electron chi connectivity index (χ4n) is 8.51. The number of allylic oxidation sites excluding steroid dienone is 4. The van der Waals surface area contributed by atoms with Crippen molar-refractivity contribution in [1.29, 1.82) is 0 Å². The van der Waals surface area contributed by atoms with Crippen LogP contribution in [-0.4, -0.2) is 67.9 Å². The van der Waals surface area contributed by atoms with Gasteiger partial charge in [0.05, 0.1) is 6.04 Å². The van der Waals surface area contributed by atoms with E-state index in [-0.39, 0.29) is 0 Å². The molecule has 5 unspecified atom stereocenters. The van der Waals surface area contributed by atoms with Crippen molar-refractivity contribution in [2.75, 3.05) is 32.8 Å². The first kappa shape index (κ1) is 27.6. The lowest BCUT2D eigenvalue weighted by Crippen LogP contribution is -2.45. The molecule has 2 bridgehead atoms. The van der Waals surface area contributed by atoms with Gasteiger partial charge in [0.1, 0.15) is 6.34 Å². The van der Waals surface area contributed by atoms with Gasteiger partial charge in [0.15, 0.2) is 0 Å². The van der Waals surface area contributed by atoms with E-state index in [0.717, 1.165) is 62.8 Å². The lowest BCUT2D eigenvalue weighted by molar-refractivity contribution is 0.0116. The molecule has 6 rings (SSSR count). The monoisotopic (exact) mass is 532 g/mol. The predicted molar refractivity (Wildman–Crippen MR) is 163 cm³/mol. The third-order valence-electron chi connectivity index (χ3n) is 10.8. The second-order valence-corrected chi connectivity index (χ2v) is 13.7. The summed E-state index contributed by atoms with van der Waals surface area (Å²) < 4.78 is 5.64. The Hall–Kier alpha value is -1.56. The molecule has 5 nitrogen and oxygen atoms in total. The summed E-state index contributed by atoms with van der Waals surface area (Å²) in [5.74, 6) is 3.85. The Labute approximate surface area is 237 Å². The van der Waals surface area contributed by atoms with Gasteiger partial charge in [-0.1, -0.05) is 38.5 Å². The maximum atomic E-state index is 5.64. The quantitative estimate of drug-likeness (QED) is 0.404. The molecule has 4 fully saturated rings. The lowest BCUT2D eigenvalue weighted by atomic mass is 9.63. The number of rotatable bonds is 6. The molecule has 0 aromatic rings. The Morgan fingerprint density at radius 3 is 2.54 bits per heavy atom. The summed E-state index contributed by atoms with van der Waals surface area (Å²) in [4.78, 5) is 12.0. The fourth-order valence-corrected chi connectivity index (χ4v) is 8.51. The van der Waals surface area contributed by atoms with E-state index in [1.807, 2.05) is 0 Å². The van der Waals surface area contributed by atoms with Crippen molar-refractivity contribution < 1.29 is 4.74 Å². The molecule has 0 radical (unpaired) electrons. The minimum Gasteiger partial charge on any atom is -0.381 e. The molecule has 6 aliphatic rings. The van der Waals surface area contributed by atoms with E-state index in [2.05, 4.69) is 59.2 Å². The van der Waals surface area contributed by atoms with Crippen LogP contribution in [-0.2, 0) is 4.74 Å². The van der Waals surface area contributed by atoms with Crippen molar-refractivity contribution in [2.45, 2.75) is 103 Å². The number of likely N-dealkylation sites (tertiary alicyclic amines) is 1. The number of aliphatic imine (C=N–C) groups is 2. The zero-order chi connectivity index (χ0) is 26.8. The normalized spacial score (nSPS) is 37.7. The summed E-state index contributed by atoms with van der Waals surface area (Å²) >= 11 is 0. The van der Waals surface area contributed by atoms with Crippen LogP contribution in [0.4, 0.5) is 0 Å². The zero-order valence-electron chi connectivity index (χ0n) is 24.8. The van der Waals surface area contributed by atoms with E-state index in [0.29, 0.717) is 23.9 Å². The first-order valence-electron chi connectivity index (χ1n) is 16.3. The zero-order valence-corrected chi connectivity index (χ0v) is 24.8. The van der Waals surface area contributed by atoms with Crippen LogP contribution < -0.4 is 5.32 Å². The van der Waals surface area contributed by atoms with Crippen molar-refractivity contribution in [1.82, 2.24) is 10.2 Å². The van der Waals surface area contributed by atoms with Gasteiger partial charge >= 0.3 is 0 Å². The van der Waals surface area contributed by atoms with Crippen LogP contribution in [0.25, 0.3) is 0 Å². The summed E-state index contributed by atoms with van der Waals surface area (Å²) in [6, 6.07) is 1.69. The Morgan fingerprint density at radius 1 is 1.00 bits per heavy atom. The van der Waals surface area contributed by atoms with Gasteiger partial charge < -0.3 is 15.0 Å². The first-order valence-corrected chi connectivity index (χ1v) is 16.3. The van der Waals surface area contributed by atoms with Crippen LogP contribution in [0.3, 0.4) is 0 Å². The van der Waals surface area contributed by atoms with Crippen LogP contribution in [0.15, 0.2) is 44.9 Å². The van der Waals surface area contributed by atoms with Crippen molar-refractivity contribution in [3.8, 4) is 0 Å². The molecule has 2 aliphatic carbocycles. The molecule has 3 saturated heterocycles. The van der Waals surface area contributed by atoms with E-state index >= 15 is 0 Å². The summed E-state index contributed by atoms with van der Waals surface area (Å²) in [6.07, 6.45) is 21.7. The minimum absolute atomic E-state index is 0.394. The highest BCUT2D eigenvalue weighted by Gasteiger charge is 2.40. The Bertz CT molecular complexity index is 1000. The summed E-state index contributed by atoms with van der Waals surface area (Å²) in [7, 11) is 0. The molecule has 4 aliphatic heterocycles. The maximum Gasteiger partial charge on any atom is 0.110 e. The van der Waals surface area contributed by atoms with Gasteiger partial charge in [0.25, 0.3) is 0 Å². The molecule has 0 spiro atoms. The van der Waals surface area contributed by atoms with Crippen LogP contribution in [0.5, 0.6) is 0 Å². The third-order valence-corrected chi connectivity index (χ3v) is 10.8. The van der Waals surface area contributed by atoms with Crippen LogP contribution in [0.1, 0.15) is 85.0 Å². The van der Waals surface area contributed by atoms with E-state index in [4.69, 9.17) is 4.74 Å². The van der Waals surface area contributed by atoms with Gasteiger partial charge in [-0.2, -0.15) is 0 Å². The molecular formula is C34H52N4O. The van der Waals surface area contributed by atoms with Gasteiger partial charge in [0, 0.05) is 44.0 Å². The largest absolute Gasteiger partial charge is 0.381 e. The van der Waals surface area contributed by atoms with Crippen molar-refractivity contribution in [2.24, 2.45) is 39.6 Å². The molecule has 0 aromatic carbocycles. The molecule has 5 atom stereocenters. The molecule has 0 amide bonds. The third kappa shape index (κ3) is 6.52. The van der Waals surface area contributed by atoms with Crippen molar-refractivity contribution >= 4 is 12.1 Å². The molecule has 1 saturated carbocycles. The number of fused-ring (bicyclic) bond motifs is 2. The standard InChI is InChI=1S/C34H52N4O/c1-23(2)33(34(32-21-35-32)26-5-4-6-28-20-29(10-9-26)37-22-36-28)31-19-27(8-7-24(31)3)25-11-15-38(16-12-25)30-13-17-39-18-14-30/h5,9-10,22-25,27-28,30-32,35H,4,6-8,11-21H2,1-3H3/b10-9-,26-5+,34-33-. The summed E-state index contributed by atoms with van der Waals surface area (Å²) in [6.45, 7) is 13.1. The number of nitrogens with one attached hydrogen (secondary N) is 1. The molecule has 39 heavy (non-hydrogen) atoms. The number of nitrogens with zero attached hydrogens (tertiary/aromatic N) is 3. The predicted octanol–water partition coefficient (Wildman–Crippen LogP) is 6.37. The van der Waals surface area contributed by atoms with Gasteiger partial charge in [-0.15, -0.1) is 0 Å². The first-order chi connectivity index (χ1) is 19.1. The van der Waals surface area contributed by atoms with Crippen molar-refractivity contribution in [3.05, 3.63) is 34.9 Å². The number of piperidine rings is 1. The van der Waals surface area contributed by atoms with Gasteiger partial charge in [-0.05, 0) is 118 Å². The minimum atomic E-state index is 0.394. The second kappa shape index (κ2) is 12.5. The van der Waals surface area contributed by atoms with E-state index in [9.17, 15) is 0 Å². The van der Waals surface area contributed by atoms with Gasteiger partial charge in [-0.25, -0.2) is 4.99 Å². The van der Waals surface area contributed by atoms with Crippen LogP contribution in [0.2, 0.25) is 0 Å². The highest BCUT2D eigenvalue weighted by Crippen LogP contribution is 2.47. The second-order valence-electron chi connectivity index (χ2n) is 13.7. The Kier molecular flexibility index (Phi) is 8.87. The van der Waals surface area contributed by atoms with Gasteiger partial charge in [0.2, 0.25) is 0 Å². The SMILES string of the molecule is CC(C)\C(=C(C1=C/CCC2CC(=NC=N2)/C=C\1)\C1CN1)C1CC(C2CCN(C3CCOCC3)CC2)CCC1C. The molecule has 5 heteroatoms. The molecule has 4 heterocycles.